The molecule has 1 amide bonds. The lowest BCUT2D eigenvalue weighted by molar-refractivity contribution is -0.133. The van der Waals surface area contributed by atoms with E-state index in [4.69, 9.17) is 26.8 Å². The molecule has 1 heterocycles. The monoisotopic (exact) mass is 340 g/mol. The highest BCUT2D eigenvalue weighted by molar-refractivity contribution is 6.32. The van der Waals surface area contributed by atoms with E-state index in [2.05, 4.69) is 13.8 Å². The highest BCUT2D eigenvalue weighted by atomic mass is 35.5. The number of nitrogens with two attached hydrogens (primary N) is 1. The molecule has 0 radical (unpaired) electrons. The lowest BCUT2D eigenvalue weighted by Gasteiger charge is -2.26. The highest BCUT2D eigenvalue weighted by Crippen LogP contribution is 2.38. The number of hydrogen-bond acceptors (Lipinski definition) is 4. The van der Waals surface area contributed by atoms with Gasteiger partial charge in [0.25, 0.3) is 0 Å². The molecule has 1 aromatic rings. The van der Waals surface area contributed by atoms with Crippen LogP contribution in [0.15, 0.2) is 12.1 Å². The number of amides is 1. The number of ether oxygens (including phenoxy) is 2. The van der Waals surface area contributed by atoms with Gasteiger partial charge in [-0.3, -0.25) is 4.79 Å². The van der Waals surface area contributed by atoms with E-state index in [9.17, 15) is 4.79 Å². The van der Waals surface area contributed by atoms with E-state index in [-0.39, 0.29) is 5.91 Å². The van der Waals surface area contributed by atoms with E-state index in [1.807, 2.05) is 12.1 Å². The SMILES string of the molecule is CC(C)CN(Cc1cc(Cl)c2c(c1)OCCCO2)C(=O)[C@H](C)N. The maximum atomic E-state index is 12.3. The van der Waals surface area contributed by atoms with Crippen LogP contribution in [-0.4, -0.2) is 36.6 Å². The zero-order valence-electron chi connectivity index (χ0n) is 14.0. The molecule has 0 aliphatic carbocycles. The number of rotatable bonds is 5. The standard InChI is InChI=1S/C17H25ClN2O3/c1-11(2)9-20(17(21)12(3)19)10-13-7-14(18)16-15(8-13)22-5-4-6-23-16/h7-8,11-12H,4-6,9-10,19H2,1-3H3/t12-/m0/s1. The Balaban J connectivity index is 2.24. The van der Waals surface area contributed by atoms with E-state index in [0.717, 1.165) is 12.0 Å². The number of carbonyl (C=O) groups excluding carboxylic acids is 1. The summed E-state index contributed by atoms with van der Waals surface area (Å²) in [6.45, 7) is 8.14. The van der Waals surface area contributed by atoms with Crippen molar-refractivity contribution in [3.05, 3.63) is 22.7 Å². The number of benzene rings is 1. The van der Waals surface area contributed by atoms with Crippen molar-refractivity contribution in [2.75, 3.05) is 19.8 Å². The first-order valence-electron chi connectivity index (χ1n) is 8.01. The molecule has 1 aliphatic heterocycles. The lowest BCUT2D eigenvalue weighted by Crippen LogP contribution is -2.43. The Labute approximate surface area is 142 Å². The summed E-state index contributed by atoms with van der Waals surface area (Å²) >= 11 is 6.32. The van der Waals surface area contributed by atoms with Crippen LogP contribution in [0.5, 0.6) is 11.5 Å². The Kier molecular flexibility index (Phi) is 6.13. The van der Waals surface area contributed by atoms with Crippen molar-refractivity contribution < 1.29 is 14.3 Å². The zero-order chi connectivity index (χ0) is 17.0. The van der Waals surface area contributed by atoms with Gasteiger partial charge in [0.2, 0.25) is 5.91 Å². The number of fused-ring (bicyclic) bond motifs is 1. The van der Waals surface area contributed by atoms with Crippen molar-refractivity contribution in [1.82, 2.24) is 4.90 Å². The maximum Gasteiger partial charge on any atom is 0.239 e. The summed E-state index contributed by atoms with van der Waals surface area (Å²) in [5, 5.41) is 0.511. The largest absolute Gasteiger partial charge is 0.489 e. The number of carbonyl (C=O) groups is 1. The molecule has 0 bridgehead atoms. The van der Waals surface area contributed by atoms with Crippen LogP contribution < -0.4 is 15.2 Å². The Morgan fingerprint density at radius 3 is 2.65 bits per heavy atom. The van der Waals surface area contributed by atoms with Crippen molar-refractivity contribution in [2.24, 2.45) is 11.7 Å². The Bertz CT molecular complexity index is 561. The van der Waals surface area contributed by atoms with Gasteiger partial charge in [-0.25, -0.2) is 0 Å². The first kappa shape index (κ1) is 17.9. The Hall–Kier alpha value is -1.46. The molecule has 5 nitrogen and oxygen atoms in total. The Morgan fingerprint density at radius 2 is 2.00 bits per heavy atom. The molecule has 0 fully saturated rings. The first-order chi connectivity index (χ1) is 10.9. The summed E-state index contributed by atoms with van der Waals surface area (Å²) < 4.78 is 11.3. The normalized spacial score (nSPS) is 15.2. The average molecular weight is 341 g/mol. The minimum atomic E-state index is -0.523. The highest BCUT2D eigenvalue weighted by Gasteiger charge is 2.21. The van der Waals surface area contributed by atoms with Crippen LogP contribution >= 0.6 is 11.6 Å². The van der Waals surface area contributed by atoms with Gasteiger partial charge in [-0.2, -0.15) is 0 Å². The van der Waals surface area contributed by atoms with Crippen LogP contribution in [0.4, 0.5) is 0 Å². The van der Waals surface area contributed by atoms with E-state index in [1.165, 1.54) is 0 Å². The molecule has 0 saturated heterocycles. The van der Waals surface area contributed by atoms with Crippen LogP contribution in [-0.2, 0) is 11.3 Å². The number of hydrogen-bond donors (Lipinski definition) is 1. The maximum absolute atomic E-state index is 12.3. The van der Waals surface area contributed by atoms with Gasteiger partial charge in [-0.15, -0.1) is 0 Å². The molecule has 128 valence electrons. The molecule has 0 saturated carbocycles. The minimum absolute atomic E-state index is 0.0677. The fourth-order valence-corrected chi connectivity index (χ4v) is 2.84. The third-order valence-corrected chi connectivity index (χ3v) is 3.80. The summed E-state index contributed by atoms with van der Waals surface area (Å²) in [6, 6.07) is 3.20. The number of halogens is 1. The second kappa shape index (κ2) is 7.88. The summed E-state index contributed by atoms with van der Waals surface area (Å²) in [4.78, 5) is 14.1. The first-order valence-corrected chi connectivity index (χ1v) is 8.38. The smallest absolute Gasteiger partial charge is 0.239 e. The molecule has 23 heavy (non-hydrogen) atoms. The fourth-order valence-electron chi connectivity index (χ4n) is 2.56. The van der Waals surface area contributed by atoms with Gasteiger partial charge in [0.15, 0.2) is 11.5 Å². The van der Waals surface area contributed by atoms with Gasteiger partial charge < -0.3 is 20.1 Å². The van der Waals surface area contributed by atoms with Crippen molar-refractivity contribution in [2.45, 2.75) is 39.8 Å². The summed E-state index contributed by atoms with van der Waals surface area (Å²) in [5.74, 6) is 1.51. The minimum Gasteiger partial charge on any atom is -0.489 e. The molecule has 1 aliphatic rings. The molecule has 0 aromatic heterocycles. The fraction of sp³-hybridized carbons (Fsp3) is 0.588. The van der Waals surface area contributed by atoms with E-state index >= 15 is 0 Å². The van der Waals surface area contributed by atoms with Gasteiger partial charge >= 0.3 is 0 Å². The predicted molar refractivity (Wildman–Crippen MR) is 91.0 cm³/mol. The molecular formula is C17H25ClN2O3. The third kappa shape index (κ3) is 4.75. The van der Waals surface area contributed by atoms with E-state index in [1.54, 1.807) is 11.8 Å². The van der Waals surface area contributed by atoms with Gasteiger partial charge in [-0.1, -0.05) is 25.4 Å². The summed E-state index contributed by atoms with van der Waals surface area (Å²) in [5.41, 5.74) is 6.68. The van der Waals surface area contributed by atoms with E-state index in [0.29, 0.717) is 48.7 Å². The second-order valence-electron chi connectivity index (χ2n) is 6.36. The molecule has 1 atom stereocenters. The Morgan fingerprint density at radius 1 is 1.30 bits per heavy atom. The topological polar surface area (TPSA) is 64.8 Å². The molecular weight excluding hydrogens is 316 g/mol. The molecule has 2 rings (SSSR count). The molecule has 6 heteroatoms. The van der Waals surface area contributed by atoms with Gasteiger partial charge in [0.1, 0.15) is 0 Å². The van der Waals surface area contributed by atoms with Crippen molar-refractivity contribution >= 4 is 17.5 Å². The zero-order valence-corrected chi connectivity index (χ0v) is 14.7. The van der Waals surface area contributed by atoms with Crippen LogP contribution in [0.2, 0.25) is 5.02 Å². The second-order valence-corrected chi connectivity index (χ2v) is 6.76. The van der Waals surface area contributed by atoms with Gasteiger partial charge in [0, 0.05) is 19.5 Å². The third-order valence-electron chi connectivity index (χ3n) is 3.52. The lowest BCUT2D eigenvalue weighted by atomic mass is 10.1. The molecule has 2 N–H and O–H groups in total. The summed E-state index contributed by atoms with van der Waals surface area (Å²) in [6.07, 6.45) is 0.822. The van der Waals surface area contributed by atoms with Gasteiger partial charge in [0.05, 0.1) is 24.3 Å². The van der Waals surface area contributed by atoms with Crippen LogP contribution in [0.1, 0.15) is 32.8 Å². The van der Waals surface area contributed by atoms with E-state index < -0.39 is 6.04 Å². The van der Waals surface area contributed by atoms with Gasteiger partial charge in [-0.05, 0) is 30.5 Å². The van der Waals surface area contributed by atoms with Crippen molar-refractivity contribution in [1.29, 1.82) is 0 Å². The van der Waals surface area contributed by atoms with Crippen molar-refractivity contribution in [3.63, 3.8) is 0 Å². The quantitative estimate of drug-likeness (QED) is 0.895. The summed E-state index contributed by atoms with van der Waals surface area (Å²) in [7, 11) is 0. The number of nitrogens with zero attached hydrogens (tertiary/aromatic N) is 1. The molecule has 0 spiro atoms. The van der Waals surface area contributed by atoms with Crippen LogP contribution in [0.3, 0.4) is 0 Å². The van der Waals surface area contributed by atoms with Crippen LogP contribution in [0.25, 0.3) is 0 Å². The molecule has 0 unspecified atom stereocenters. The van der Waals surface area contributed by atoms with Crippen molar-refractivity contribution in [3.8, 4) is 11.5 Å². The van der Waals surface area contributed by atoms with Crippen LogP contribution in [0, 0.1) is 5.92 Å². The predicted octanol–water partition coefficient (Wildman–Crippen LogP) is 2.83. The average Bonchev–Trinajstić information content (AvgIpc) is 2.71. The molecule has 1 aromatic carbocycles.